The van der Waals surface area contributed by atoms with E-state index in [9.17, 15) is 10.1 Å². The van der Waals surface area contributed by atoms with Gasteiger partial charge in [-0.15, -0.1) is 0 Å². The zero-order valence-electron chi connectivity index (χ0n) is 11.5. The van der Waals surface area contributed by atoms with Gasteiger partial charge in [-0.25, -0.2) is 0 Å². The van der Waals surface area contributed by atoms with Crippen LogP contribution in [0.25, 0.3) is 0 Å². The van der Waals surface area contributed by atoms with Crippen molar-refractivity contribution in [2.75, 3.05) is 7.11 Å². The normalized spacial score (nSPS) is 10.3. The topological polar surface area (TPSA) is 52.4 Å². The number of aryl methyl sites for hydroxylation is 2. The molecule has 0 saturated carbocycles. The molecule has 0 radical (unpaired) electrons. The SMILES string of the molecule is COc1ccc(C)cc1Sc1ccc(C)cc1[N+](=O)[O-]. The summed E-state index contributed by atoms with van der Waals surface area (Å²) in [4.78, 5) is 12.3. The Labute approximate surface area is 121 Å². The third-order valence-corrected chi connectivity index (χ3v) is 3.95. The molecule has 4 nitrogen and oxygen atoms in total. The maximum Gasteiger partial charge on any atom is 0.283 e. The maximum absolute atomic E-state index is 11.1. The molecule has 0 aliphatic carbocycles. The molecule has 0 aliphatic rings. The Bertz CT molecular complexity index is 656. The fourth-order valence-electron chi connectivity index (χ4n) is 1.84. The van der Waals surface area contributed by atoms with E-state index in [2.05, 4.69) is 0 Å². The van der Waals surface area contributed by atoms with Crippen LogP contribution in [0.1, 0.15) is 11.1 Å². The molecule has 5 heteroatoms. The molecule has 0 heterocycles. The van der Waals surface area contributed by atoms with Gasteiger partial charge in [0.2, 0.25) is 0 Å². The molecule has 104 valence electrons. The van der Waals surface area contributed by atoms with E-state index in [0.717, 1.165) is 21.8 Å². The van der Waals surface area contributed by atoms with Crippen LogP contribution in [0, 0.1) is 24.0 Å². The molecule has 0 aromatic heterocycles. The standard InChI is InChI=1S/C15H15NO3S/c1-10-5-7-14(12(8-10)16(17)18)20-15-9-11(2)4-6-13(15)19-3/h4-9H,1-3H3. The van der Waals surface area contributed by atoms with E-state index < -0.39 is 0 Å². The molecular formula is C15H15NO3S. The largest absolute Gasteiger partial charge is 0.496 e. The molecule has 0 spiro atoms. The smallest absolute Gasteiger partial charge is 0.283 e. The summed E-state index contributed by atoms with van der Waals surface area (Å²) in [6, 6.07) is 11.0. The van der Waals surface area contributed by atoms with Gasteiger partial charge < -0.3 is 4.74 Å². The Kier molecular flexibility index (Phi) is 4.29. The van der Waals surface area contributed by atoms with Gasteiger partial charge in [-0.1, -0.05) is 23.9 Å². The second kappa shape index (κ2) is 5.96. The number of nitro benzene ring substituents is 1. The average molecular weight is 289 g/mol. The molecule has 0 N–H and O–H groups in total. The zero-order chi connectivity index (χ0) is 14.7. The number of benzene rings is 2. The van der Waals surface area contributed by atoms with Gasteiger partial charge in [-0.2, -0.15) is 0 Å². The van der Waals surface area contributed by atoms with Gasteiger partial charge >= 0.3 is 0 Å². The molecule has 2 aromatic carbocycles. The van der Waals surface area contributed by atoms with E-state index in [0.29, 0.717) is 4.90 Å². The molecule has 0 unspecified atom stereocenters. The van der Waals surface area contributed by atoms with Gasteiger partial charge in [0.25, 0.3) is 5.69 Å². The summed E-state index contributed by atoms with van der Waals surface area (Å²) in [5.74, 6) is 0.718. The first-order chi connectivity index (χ1) is 9.51. The minimum absolute atomic E-state index is 0.124. The highest BCUT2D eigenvalue weighted by Crippen LogP contribution is 2.39. The van der Waals surface area contributed by atoms with Crippen LogP contribution < -0.4 is 4.74 Å². The summed E-state index contributed by atoms with van der Waals surface area (Å²) < 4.78 is 5.31. The first kappa shape index (κ1) is 14.4. The molecule has 0 fully saturated rings. The van der Waals surface area contributed by atoms with Crippen molar-refractivity contribution in [3.8, 4) is 5.75 Å². The van der Waals surface area contributed by atoms with Crippen molar-refractivity contribution in [3.05, 3.63) is 57.6 Å². The highest BCUT2D eigenvalue weighted by atomic mass is 32.2. The first-order valence-electron chi connectivity index (χ1n) is 6.09. The summed E-state index contributed by atoms with van der Waals surface area (Å²) in [7, 11) is 1.60. The number of ether oxygens (including phenoxy) is 1. The van der Waals surface area contributed by atoms with E-state index >= 15 is 0 Å². The number of methoxy groups -OCH3 is 1. The minimum Gasteiger partial charge on any atom is -0.496 e. The predicted octanol–water partition coefficient (Wildman–Crippen LogP) is 4.37. The number of hydrogen-bond donors (Lipinski definition) is 0. The Hall–Kier alpha value is -2.01. The van der Waals surface area contributed by atoms with Gasteiger partial charge in [0.1, 0.15) is 5.75 Å². The first-order valence-corrected chi connectivity index (χ1v) is 6.90. The Morgan fingerprint density at radius 1 is 1.05 bits per heavy atom. The van der Waals surface area contributed by atoms with Gasteiger partial charge in [-0.05, 0) is 43.2 Å². The van der Waals surface area contributed by atoms with Crippen LogP contribution in [0.3, 0.4) is 0 Å². The maximum atomic E-state index is 11.1. The van der Waals surface area contributed by atoms with E-state index in [1.807, 2.05) is 38.1 Å². The monoisotopic (exact) mass is 289 g/mol. The minimum atomic E-state index is -0.350. The van der Waals surface area contributed by atoms with Crippen LogP contribution in [0.15, 0.2) is 46.2 Å². The Balaban J connectivity index is 2.44. The molecule has 0 saturated heterocycles. The Morgan fingerprint density at radius 3 is 2.35 bits per heavy atom. The van der Waals surface area contributed by atoms with Crippen molar-refractivity contribution in [2.45, 2.75) is 23.6 Å². The molecule has 2 aromatic rings. The van der Waals surface area contributed by atoms with Crippen molar-refractivity contribution in [3.63, 3.8) is 0 Å². The second-order valence-electron chi connectivity index (χ2n) is 4.48. The quantitative estimate of drug-likeness (QED) is 0.619. The zero-order valence-corrected chi connectivity index (χ0v) is 12.4. The van der Waals surface area contributed by atoms with Crippen molar-refractivity contribution in [2.24, 2.45) is 0 Å². The summed E-state index contributed by atoms with van der Waals surface area (Å²) in [6.45, 7) is 3.82. The lowest BCUT2D eigenvalue weighted by Crippen LogP contribution is -1.93. The van der Waals surface area contributed by atoms with Crippen LogP contribution in [0.2, 0.25) is 0 Å². The van der Waals surface area contributed by atoms with Gasteiger partial charge in [0.05, 0.1) is 21.8 Å². The number of nitro groups is 1. The number of hydrogen-bond acceptors (Lipinski definition) is 4. The van der Waals surface area contributed by atoms with Crippen LogP contribution in [-0.2, 0) is 0 Å². The van der Waals surface area contributed by atoms with Crippen molar-refractivity contribution >= 4 is 17.4 Å². The van der Waals surface area contributed by atoms with Gasteiger partial charge in [-0.3, -0.25) is 10.1 Å². The van der Waals surface area contributed by atoms with Crippen molar-refractivity contribution < 1.29 is 9.66 Å². The number of nitrogens with zero attached hydrogens (tertiary/aromatic N) is 1. The van der Waals surface area contributed by atoms with E-state index in [1.54, 1.807) is 19.2 Å². The van der Waals surface area contributed by atoms with E-state index in [1.165, 1.54) is 11.8 Å². The Morgan fingerprint density at radius 2 is 1.70 bits per heavy atom. The highest BCUT2D eigenvalue weighted by molar-refractivity contribution is 7.99. The third kappa shape index (κ3) is 3.11. The van der Waals surface area contributed by atoms with E-state index in [4.69, 9.17) is 4.74 Å². The molecule has 2 rings (SSSR count). The van der Waals surface area contributed by atoms with Crippen LogP contribution >= 0.6 is 11.8 Å². The molecule has 0 bridgehead atoms. The summed E-state index contributed by atoms with van der Waals surface area (Å²) in [5, 5.41) is 11.1. The second-order valence-corrected chi connectivity index (χ2v) is 5.57. The molecular weight excluding hydrogens is 274 g/mol. The summed E-state index contributed by atoms with van der Waals surface area (Å²) in [5.41, 5.74) is 2.08. The summed E-state index contributed by atoms with van der Waals surface area (Å²) >= 11 is 1.35. The predicted molar refractivity (Wildman–Crippen MR) is 79.7 cm³/mol. The van der Waals surface area contributed by atoms with Crippen molar-refractivity contribution in [1.82, 2.24) is 0 Å². The van der Waals surface area contributed by atoms with Crippen LogP contribution in [0.5, 0.6) is 5.75 Å². The van der Waals surface area contributed by atoms with Gasteiger partial charge in [0, 0.05) is 6.07 Å². The van der Waals surface area contributed by atoms with Crippen molar-refractivity contribution in [1.29, 1.82) is 0 Å². The lowest BCUT2D eigenvalue weighted by molar-refractivity contribution is -0.387. The van der Waals surface area contributed by atoms with Gasteiger partial charge in [0.15, 0.2) is 0 Å². The molecule has 0 atom stereocenters. The fourth-order valence-corrected chi connectivity index (χ4v) is 2.95. The average Bonchev–Trinajstić information content (AvgIpc) is 2.41. The molecule has 0 amide bonds. The molecule has 0 aliphatic heterocycles. The lowest BCUT2D eigenvalue weighted by Gasteiger charge is -2.09. The fraction of sp³-hybridized carbons (Fsp3) is 0.200. The highest BCUT2D eigenvalue weighted by Gasteiger charge is 2.16. The summed E-state index contributed by atoms with van der Waals surface area (Å²) in [6.07, 6.45) is 0. The molecule has 20 heavy (non-hydrogen) atoms. The van der Waals surface area contributed by atoms with Crippen LogP contribution in [-0.4, -0.2) is 12.0 Å². The van der Waals surface area contributed by atoms with Crippen LogP contribution in [0.4, 0.5) is 5.69 Å². The lowest BCUT2D eigenvalue weighted by atomic mass is 10.2. The number of rotatable bonds is 4. The third-order valence-electron chi connectivity index (χ3n) is 2.85. The van der Waals surface area contributed by atoms with E-state index in [-0.39, 0.29) is 10.6 Å².